The number of piperazine rings is 1. The highest BCUT2D eigenvalue weighted by Crippen LogP contribution is 2.37. The third-order valence-electron chi connectivity index (χ3n) is 7.61. The van der Waals surface area contributed by atoms with Crippen LogP contribution >= 0.6 is 0 Å². The number of β-amino-alcohol motifs (C(OH)–C–C–N with tert-alkyl or cyclic N) is 1. The van der Waals surface area contributed by atoms with Gasteiger partial charge in [-0.15, -0.1) is 0 Å². The van der Waals surface area contributed by atoms with Crippen LogP contribution < -0.4 is 5.73 Å². The van der Waals surface area contributed by atoms with Gasteiger partial charge in [-0.2, -0.15) is 0 Å². The molecule has 5 rings (SSSR count). The van der Waals surface area contributed by atoms with Crippen molar-refractivity contribution in [3.8, 4) is 0 Å². The van der Waals surface area contributed by atoms with Crippen LogP contribution in [0.15, 0.2) is 30.3 Å². The summed E-state index contributed by atoms with van der Waals surface area (Å²) in [5.41, 5.74) is 7.90. The molecular weight excluding hydrogens is 422 g/mol. The minimum atomic E-state index is -0.449. The quantitative estimate of drug-likeness (QED) is 0.659. The molecule has 8 heteroatoms. The second-order valence-electron chi connectivity index (χ2n) is 9.78. The average molecular weight is 462 g/mol. The van der Waals surface area contributed by atoms with Crippen LogP contribution in [-0.2, 0) is 18.9 Å². The van der Waals surface area contributed by atoms with Crippen molar-refractivity contribution in [3.63, 3.8) is 0 Å². The molecule has 33 heavy (non-hydrogen) atoms. The van der Waals surface area contributed by atoms with E-state index in [9.17, 15) is 5.11 Å². The first-order chi connectivity index (χ1) is 16.2. The second kappa shape index (κ2) is 11.1. The molecule has 4 aliphatic rings. The molecule has 0 radical (unpaired) electrons. The highest BCUT2D eigenvalue weighted by Gasteiger charge is 2.51. The van der Waals surface area contributed by atoms with E-state index in [0.29, 0.717) is 13.2 Å². The lowest BCUT2D eigenvalue weighted by molar-refractivity contribution is -0.341. The van der Waals surface area contributed by atoms with Crippen molar-refractivity contribution in [2.75, 3.05) is 45.9 Å². The molecule has 1 aromatic carbocycles. The molecule has 1 aromatic rings. The molecule has 0 bridgehead atoms. The molecule has 1 aliphatic carbocycles. The maximum absolute atomic E-state index is 9.32. The van der Waals surface area contributed by atoms with Crippen LogP contribution in [0.1, 0.15) is 44.0 Å². The maximum atomic E-state index is 9.32. The van der Waals surface area contributed by atoms with Crippen molar-refractivity contribution in [1.82, 2.24) is 9.80 Å². The molecule has 3 N–H and O–H groups in total. The van der Waals surface area contributed by atoms with Gasteiger partial charge < -0.3 is 29.8 Å². The van der Waals surface area contributed by atoms with Gasteiger partial charge in [0.25, 0.3) is 0 Å². The summed E-state index contributed by atoms with van der Waals surface area (Å²) in [6.07, 6.45) is 4.81. The lowest BCUT2D eigenvalue weighted by Gasteiger charge is -2.53. The van der Waals surface area contributed by atoms with Crippen LogP contribution in [0.4, 0.5) is 0 Å². The summed E-state index contributed by atoms with van der Waals surface area (Å²) in [5, 5.41) is 9.32. The minimum absolute atomic E-state index is 0.0104. The smallest absolute Gasteiger partial charge is 0.184 e. The van der Waals surface area contributed by atoms with E-state index in [-0.39, 0.29) is 37.0 Å². The summed E-state index contributed by atoms with van der Waals surface area (Å²) >= 11 is 0. The first-order valence-corrected chi connectivity index (χ1v) is 12.7. The second-order valence-corrected chi connectivity index (χ2v) is 9.78. The number of benzene rings is 1. The number of nitrogens with zero attached hydrogens (tertiary/aromatic N) is 2. The van der Waals surface area contributed by atoms with E-state index in [1.165, 1.54) is 19.3 Å². The number of ether oxygens (including phenoxy) is 4. The van der Waals surface area contributed by atoms with Crippen LogP contribution in [0.25, 0.3) is 0 Å². The Labute approximate surface area is 196 Å². The Hall–Kier alpha value is -1.10. The van der Waals surface area contributed by atoms with Gasteiger partial charge in [0.15, 0.2) is 12.6 Å². The van der Waals surface area contributed by atoms with E-state index in [4.69, 9.17) is 24.7 Å². The van der Waals surface area contributed by atoms with E-state index in [0.717, 1.165) is 44.6 Å². The van der Waals surface area contributed by atoms with Crippen molar-refractivity contribution >= 4 is 0 Å². The fourth-order valence-electron chi connectivity index (χ4n) is 5.78. The first-order valence-electron chi connectivity index (χ1n) is 12.7. The fraction of sp³-hybridized carbons (Fsp3) is 0.760. The fourth-order valence-corrected chi connectivity index (χ4v) is 5.78. The molecule has 0 spiro atoms. The Balaban J connectivity index is 1.33. The van der Waals surface area contributed by atoms with Crippen LogP contribution in [0.5, 0.6) is 0 Å². The zero-order valence-corrected chi connectivity index (χ0v) is 19.5. The van der Waals surface area contributed by atoms with Gasteiger partial charge in [-0.25, -0.2) is 0 Å². The van der Waals surface area contributed by atoms with Crippen LogP contribution in [0.2, 0.25) is 0 Å². The van der Waals surface area contributed by atoms with Gasteiger partial charge in [-0.1, -0.05) is 49.6 Å². The van der Waals surface area contributed by atoms with E-state index in [2.05, 4.69) is 9.80 Å². The molecule has 3 heterocycles. The number of aliphatic hydroxyl groups is 1. The Morgan fingerprint density at radius 1 is 1.00 bits per heavy atom. The van der Waals surface area contributed by atoms with Crippen molar-refractivity contribution in [2.24, 2.45) is 5.73 Å². The topological polar surface area (TPSA) is 89.7 Å². The standard InChI is InChI=1S/C25H39N3O5/c26-21-22(28-13-11-27(12-14-28)15-16-29)23-20(32-25(21)31-19-9-5-2-6-10-19)17-30-24(33-23)18-7-3-1-4-8-18/h1,3-4,7-8,19-25,29H,2,5-6,9-17,26H2/t20-,21-,22-,23-,24?,25-/m1/s1. The highest BCUT2D eigenvalue weighted by atomic mass is 16.7. The molecule has 8 nitrogen and oxygen atoms in total. The molecule has 1 unspecified atom stereocenters. The predicted octanol–water partition coefficient (Wildman–Crippen LogP) is 1.48. The molecule has 3 aliphatic heterocycles. The van der Waals surface area contributed by atoms with E-state index in [1.807, 2.05) is 30.3 Å². The summed E-state index contributed by atoms with van der Waals surface area (Å²) in [6.45, 7) is 4.97. The maximum Gasteiger partial charge on any atom is 0.184 e. The Kier molecular flexibility index (Phi) is 7.95. The summed E-state index contributed by atoms with van der Waals surface area (Å²) in [6, 6.07) is 9.76. The lowest BCUT2D eigenvalue weighted by atomic mass is 9.91. The molecule has 3 saturated heterocycles. The van der Waals surface area contributed by atoms with Gasteiger partial charge in [-0.3, -0.25) is 9.80 Å². The number of rotatable bonds is 6. The minimum Gasteiger partial charge on any atom is -0.395 e. The van der Waals surface area contributed by atoms with Crippen LogP contribution in [0, 0.1) is 0 Å². The van der Waals surface area contributed by atoms with Gasteiger partial charge in [0.2, 0.25) is 0 Å². The summed E-state index contributed by atoms with van der Waals surface area (Å²) in [5.74, 6) is 0. The number of hydrogen-bond donors (Lipinski definition) is 2. The zero-order valence-electron chi connectivity index (χ0n) is 19.5. The van der Waals surface area contributed by atoms with Gasteiger partial charge in [-0.05, 0) is 12.8 Å². The van der Waals surface area contributed by atoms with Crippen molar-refractivity contribution < 1.29 is 24.1 Å². The van der Waals surface area contributed by atoms with Crippen LogP contribution in [0.3, 0.4) is 0 Å². The molecular formula is C25H39N3O5. The molecule has 0 aromatic heterocycles. The van der Waals surface area contributed by atoms with Gasteiger partial charge in [0, 0.05) is 38.3 Å². The molecule has 1 saturated carbocycles. The molecule has 0 amide bonds. The Bertz CT molecular complexity index is 726. The third-order valence-corrected chi connectivity index (χ3v) is 7.61. The average Bonchev–Trinajstić information content (AvgIpc) is 2.86. The lowest BCUT2D eigenvalue weighted by Crippen LogP contribution is -2.71. The summed E-state index contributed by atoms with van der Waals surface area (Å²) < 4.78 is 25.5. The van der Waals surface area contributed by atoms with Gasteiger partial charge in [0.05, 0.1) is 31.4 Å². The summed E-state index contributed by atoms with van der Waals surface area (Å²) in [7, 11) is 0. The Morgan fingerprint density at radius 3 is 2.48 bits per heavy atom. The van der Waals surface area contributed by atoms with E-state index < -0.39 is 12.6 Å². The Morgan fingerprint density at radius 2 is 1.76 bits per heavy atom. The van der Waals surface area contributed by atoms with Crippen molar-refractivity contribution in [3.05, 3.63) is 35.9 Å². The summed E-state index contributed by atoms with van der Waals surface area (Å²) in [4.78, 5) is 4.75. The number of hydrogen-bond acceptors (Lipinski definition) is 8. The normalized spacial score (nSPS) is 37.0. The molecule has 6 atom stereocenters. The van der Waals surface area contributed by atoms with Crippen molar-refractivity contribution in [2.45, 2.75) is 75.1 Å². The van der Waals surface area contributed by atoms with Gasteiger partial charge >= 0.3 is 0 Å². The number of nitrogens with two attached hydrogens (primary N) is 1. The van der Waals surface area contributed by atoms with Crippen molar-refractivity contribution in [1.29, 1.82) is 0 Å². The van der Waals surface area contributed by atoms with Crippen LogP contribution in [-0.4, -0.2) is 97.5 Å². The third kappa shape index (κ3) is 5.44. The number of fused-ring (bicyclic) bond motifs is 1. The van der Waals surface area contributed by atoms with E-state index >= 15 is 0 Å². The highest BCUT2D eigenvalue weighted by molar-refractivity contribution is 5.17. The zero-order chi connectivity index (χ0) is 22.6. The largest absolute Gasteiger partial charge is 0.395 e. The predicted molar refractivity (Wildman–Crippen MR) is 123 cm³/mol. The SMILES string of the molecule is N[C@H]1[C@H](OC2CCCCC2)O[C@@H]2COC(c3ccccc3)O[C@H]2[C@@H]1N1CCN(CCO)CC1. The van der Waals surface area contributed by atoms with E-state index in [1.54, 1.807) is 0 Å². The monoisotopic (exact) mass is 461 g/mol. The van der Waals surface area contributed by atoms with Gasteiger partial charge in [0.1, 0.15) is 12.2 Å². The molecule has 184 valence electrons. The first kappa shape index (κ1) is 23.6. The number of aliphatic hydroxyl groups excluding tert-OH is 1. The molecule has 4 fully saturated rings.